The van der Waals surface area contributed by atoms with Crippen molar-refractivity contribution in [3.8, 4) is 0 Å². The van der Waals surface area contributed by atoms with Gasteiger partial charge >= 0.3 is 0 Å². The zero-order valence-electron chi connectivity index (χ0n) is 11.9. The topological polar surface area (TPSA) is 101 Å². The monoisotopic (exact) mass is 286 g/mol. The Kier molecular flexibility index (Phi) is 4.37. The number of nitrogens with one attached hydrogen (secondary N) is 1. The van der Waals surface area contributed by atoms with Crippen molar-refractivity contribution in [1.29, 1.82) is 0 Å². The number of hydrogen-bond donors (Lipinski definition) is 3. The first-order valence-corrected chi connectivity index (χ1v) is 6.66. The molecular formula is C15H18N4O2. The third kappa shape index (κ3) is 3.10. The largest absolute Gasteiger partial charge is 0.409 e. The lowest BCUT2D eigenvalue weighted by atomic mass is 10.0. The van der Waals surface area contributed by atoms with Crippen LogP contribution in [0.5, 0.6) is 0 Å². The molecule has 6 nitrogen and oxygen atoms in total. The summed E-state index contributed by atoms with van der Waals surface area (Å²) in [5.41, 5.74) is 6.71. The van der Waals surface area contributed by atoms with Crippen molar-refractivity contribution in [3.63, 3.8) is 0 Å². The predicted octanol–water partition coefficient (Wildman–Crippen LogP) is 1.74. The van der Waals surface area contributed by atoms with Gasteiger partial charge in [0, 0.05) is 11.6 Å². The smallest absolute Gasteiger partial charge is 0.254 e. The van der Waals surface area contributed by atoms with Crippen molar-refractivity contribution in [1.82, 2.24) is 10.3 Å². The maximum absolute atomic E-state index is 12.5. The number of nitrogens with two attached hydrogens (primary N) is 1. The number of amidine groups is 1. The summed E-state index contributed by atoms with van der Waals surface area (Å²) in [7, 11) is 0. The van der Waals surface area contributed by atoms with Gasteiger partial charge < -0.3 is 16.3 Å². The summed E-state index contributed by atoms with van der Waals surface area (Å²) in [5, 5.41) is 15.5. The Morgan fingerprint density at radius 1 is 1.33 bits per heavy atom. The standard InChI is InChI=1S/C15H18N4O2/c1-9(2)12(14(16)19-21)18-15(20)11-7-3-5-10-6-4-8-17-13(10)11/h3-9,12,21H,1-2H3,(H2,16,19)(H,18,20). The maximum Gasteiger partial charge on any atom is 0.254 e. The normalized spacial score (nSPS) is 13.4. The summed E-state index contributed by atoms with van der Waals surface area (Å²) >= 11 is 0. The zero-order chi connectivity index (χ0) is 15.4. The molecule has 0 saturated heterocycles. The number of para-hydroxylation sites is 1. The Morgan fingerprint density at radius 2 is 2.05 bits per heavy atom. The summed E-state index contributed by atoms with van der Waals surface area (Å²) in [5.74, 6) is -0.330. The van der Waals surface area contributed by atoms with Gasteiger partial charge in [0.25, 0.3) is 5.91 Å². The van der Waals surface area contributed by atoms with Crippen molar-refractivity contribution < 1.29 is 10.0 Å². The fraction of sp³-hybridized carbons (Fsp3) is 0.267. The number of carbonyl (C=O) groups is 1. The number of fused-ring (bicyclic) bond motifs is 1. The quantitative estimate of drug-likeness (QED) is 0.345. The van der Waals surface area contributed by atoms with Crippen molar-refractivity contribution in [3.05, 3.63) is 42.1 Å². The molecule has 0 saturated carbocycles. The van der Waals surface area contributed by atoms with E-state index in [2.05, 4.69) is 15.5 Å². The van der Waals surface area contributed by atoms with Crippen LogP contribution in [0.15, 0.2) is 41.7 Å². The molecule has 0 spiro atoms. The van der Waals surface area contributed by atoms with Crippen LogP contribution in [0, 0.1) is 5.92 Å². The lowest BCUT2D eigenvalue weighted by Crippen LogP contribution is -2.47. The number of nitrogens with zero attached hydrogens (tertiary/aromatic N) is 2. The Bertz CT molecular complexity index is 677. The highest BCUT2D eigenvalue weighted by Gasteiger charge is 2.22. The van der Waals surface area contributed by atoms with Crippen LogP contribution in [0.1, 0.15) is 24.2 Å². The van der Waals surface area contributed by atoms with Gasteiger partial charge in [-0.25, -0.2) is 0 Å². The second kappa shape index (κ2) is 6.21. The Labute approximate surface area is 122 Å². The first-order valence-electron chi connectivity index (χ1n) is 6.66. The van der Waals surface area contributed by atoms with Crippen LogP contribution in [0.4, 0.5) is 0 Å². The molecule has 1 atom stereocenters. The van der Waals surface area contributed by atoms with Gasteiger partial charge in [0.2, 0.25) is 0 Å². The van der Waals surface area contributed by atoms with Crippen molar-refractivity contribution in [2.75, 3.05) is 0 Å². The van der Waals surface area contributed by atoms with Crippen LogP contribution in [0.2, 0.25) is 0 Å². The molecule has 0 aliphatic carbocycles. The van der Waals surface area contributed by atoms with E-state index in [4.69, 9.17) is 10.9 Å². The summed E-state index contributed by atoms with van der Waals surface area (Å²) in [6.45, 7) is 3.76. The molecule has 0 aliphatic heterocycles. The van der Waals surface area contributed by atoms with Crippen LogP contribution in [-0.4, -0.2) is 28.0 Å². The van der Waals surface area contributed by atoms with Gasteiger partial charge in [0.1, 0.15) is 0 Å². The first kappa shape index (κ1) is 14.8. The van der Waals surface area contributed by atoms with Gasteiger partial charge in [-0.3, -0.25) is 9.78 Å². The average molecular weight is 286 g/mol. The zero-order valence-corrected chi connectivity index (χ0v) is 11.9. The van der Waals surface area contributed by atoms with E-state index in [1.165, 1.54) is 0 Å². The van der Waals surface area contributed by atoms with Crippen LogP contribution < -0.4 is 11.1 Å². The van der Waals surface area contributed by atoms with E-state index in [9.17, 15) is 4.79 Å². The Morgan fingerprint density at radius 3 is 2.71 bits per heavy atom. The number of oxime groups is 1. The molecule has 110 valence electrons. The molecule has 1 amide bonds. The second-order valence-corrected chi connectivity index (χ2v) is 5.10. The summed E-state index contributed by atoms with van der Waals surface area (Å²) in [6.07, 6.45) is 1.64. The third-order valence-corrected chi connectivity index (χ3v) is 3.26. The van der Waals surface area contributed by atoms with E-state index >= 15 is 0 Å². The van der Waals surface area contributed by atoms with Gasteiger partial charge in [0.05, 0.1) is 17.1 Å². The van der Waals surface area contributed by atoms with E-state index < -0.39 is 6.04 Å². The Balaban J connectivity index is 2.34. The van der Waals surface area contributed by atoms with Crippen molar-refractivity contribution in [2.45, 2.75) is 19.9 Å². The molecule has 0 radical (unpaired) electrons. The van der Waals surface area contributed by atoms with Crippen molar-refractivity contribution >= 4 is 22.6 Å². The van der Waals surface area contributed by atoms with Crippen LogP contribution in [0.25, 0.3) is 10.9 Å². The molecule has 1 unspecified atom stereocenters. The fourth-order valence-corrected chi connectivity index (χ4v) is 2.15. The Hall–Kier alpha value is -2.63. The van der Waals surface area contributed by atoms with E-state index in [-0.39, 0.29) is 17.7 Å². The van der Waals surface area contributed by atoms with Crippen molar-refractivity contribution in [2.24, 2.45) is 16.8 Å². The maximum atomic E-state index is 12.5. The van der Waals surface area contributed by atoms with Crippen LogP contribution >= 0.6 is 0 Å². The molecule has 1 heterocycles. The summed E-state index contributed by atoms with van der Waals surface area (Å²) in [6, 6.07) is 8.56. The number of hydrogen-bond acceptors (Lipinski definition) is 4. The highest BCUT2D eigenvalue weighted by Crippen LogP contribution is 2.16. The summed E-state index contributed by atoms with van der Waals surface area (Å²) in [4.78, 5) is 16.7. The number of rotatable bonds is 4. The van der Waals surface area contributed by atoms with Gasteiger partial charge in [-0.1, -0.05) is 37.2 Å². The van der Waals surface area contributed by atoms with Gasteiger partial charge in [-0.15, -0.1) is 0 Å². The van der Waals surface area contributed by atoms with E-state index in [1.807, 2.05) is 32.0 Å². The van der Waals surface area contributed by atoms with Crippen LogP contribution in [-0.2, 0) is 0 Å². The molecule has 0 fully saturated rings. The minimum Gasteiger partial charge on any atom is -0.409 e. The fourth-order valence-electron chi connectivity index (χ4n) is 2.15. The minimum absolute atomic E-state index is 0.00668. The average Bonchev–Trinajstić information content (AvgIpc) is 2.50. The molecular weight excluding hydrogens is 268 g/mol. The number of benzene rings is 1. The lowest BCUT2D eigenvalue weighted by Gasteiger charge is -2.21. The number of aromatic nitrogens is 1. The second-order valence-electron chi connectivity index (χ2n) is 5.10. The van der Waals surface area contributed by atoms with E-state index in [0.717, 1.165) is 5.39 Å². The molecule has 21 heavy (non-hydrogen) atoms. The molecule has 2 aromatic rings. The van der Waals surface area contributed by atoms with Gasteiger partial charge in [0.15, 0.2) is 5.84 Å². The molecule has 1 aromatic heterocycles. The highest BCUT2D eigenvalue weighted by atomic mass is 16.4. The highest BCUT2D eigenvalue weighted by molar-refractivity contribution is 6.06. The first-order chi connectivity index (χ1) is 10.0. The third-order valence-electron chi connectivity index (χ3n) is 3.26. The van der Waals surface area contributed by atoms with Gasteiger partial charge in [-0.2, -0.15) is 0 Å². The molecule has 0 bridgehead atoms. The SMILES string of the molecule is CC(C)C(NC(=O)c1cccc2cccnc12)C(N)=NO. The molecule has 4 N–H and O–H groups in total. The van der Waals surface area contributed by atoms with Gasteiger partial charge in [-0.05, 0) is 18.1 Å². The van der Waals surface area contributed by atoms with Crippen LogP contribution in [0.3, 0.4) is 0 Å². The summed E-state index contributed by atoms with van der Waals surface area (Å²) < 4.78 is 0. The predicted molar refractivity (Wildman–Crippen MR) is 81.2 cm³/mol. The van der Waals surface area contributed by atoms with E-state index in [0.29, 0.717) is 11.1 Å². The number of carbonyl (C=O) groups excluding carboxylic acids is 1. The number of amides is 1. The molecule has 2 rings (SSSR count). The molecule has 1 aromatic carbocycles. The lowest BCUT2D eigenvalue weighted by molar-refractivity contribution is 0.0940. The molecule has 0 aliphatic rings. The molecule has 6 heteroatoms. The minimum atomic E-state index is -0.540. The number of pyridine rings is 1. The van der Waals surface area contributed by atoms with E-state index in [1.54, 1.807) is 18.3 Å².